The van der Waals surface area contributed by atoms with Crippen LogP contribution in [-0.2, 0) is 36.2 Å². The summed E-state index contributed by atoms with van der Waals surface area (Å²) < 4.78 is 51.6. The van der Waals surface area contributed by atoms with Crippen LogP contribution in [0.15, 0.2) is 10.2 Å². The van der Waals surface area contributed by atoms with Gasteiger partial charge in [0.05, 0.1) is 0 Å². The molecule has 0 aromatic rings. The SMILES string of the molecule is C=C1C[C@@]2(C)CCC34OC(O[C@H](O)C(O)C(O)[C@H](O)[C@H](C)CO)[I-][C@]3(C)CCC[C@@]4(C)[C@@H]2CCI1OC[C@@H]1OC(CO)C2(OC[C@@H]3OC(C)[C@@H](O)C(O)C3O)CC(C1O[C@@H]1OC[C@@H](O)C(O)C1O)[C@@H]2O. The van der Waals surface area contributed by atoms with Crippen molar-refractivity contribution in [1.29, 1.82) is 0 Å². The first-order valence-corrected chi connectivity index (χ1v) is 30.6. The van der Waals surface area contributed by atoms with Gasteiger partial charge in [-0.2, -0.15) is 0 Å². The first-order chi connectivity index (χ1) is 32.9. The molecule has 23 heteroatoms. The molecule has 408 valence electrons. The average Bonchev–Trinajstić information content (AvgIpc) is 3.40. The summed E-state index contributed by atoms with van der Waals surface area (Å²) >= 11 is -3.43. The van der Waals surface area contributed by atoms with Gasteiger partial charge < -0.3 is 5.11 Å². The fourth-order valence-electron chi connectivity index (χ4n) is 13.5. The number of rotatable bonds is 16. The summed E-state index contributed by atoms with van der Waals surface area (Å²) in [5, 5.41) is 138. The molecule has 13 unspecified atom stereocenters. The van der Waals surface area contributed by atoms with Crippen LogP contribution >= 0.6 is 20.2 Å². The number of hydrogen-bond donors (Lipinski definition) is 13. The molecule has 9 aliphatic rings. The van der Waals surface area contributed by atoms with Gasteiger partial charge in [-0.1, -0.05) is 0 Å². The molecule has 6 saturated heterocycles. The molecule has 9 fully saturated rings. The zero-order chi connectivity index (χ0) is 51.0. The molecular weight excluding hydrogens is 1150 g/mol. The average molecular weight is 1230 g/mol. The molecule has 0 aromatic carbocycles. The van der Waals surface area contributed by atoms with Crippen molar-refractivity contribution in [2.45, 2.75) is 209 Å². The molecule has 3 saturated carbocycles. The number of aliphatic hydroxyl groups is 13. The molecule has 1 spiro atoms. The van der Waals surface area contributed by atoms with Gasteiger partial charge in [0.2, 0.25) is 0 Å². The van der Waals surface area contributed by atoms with Gasteiger partial charge in [0.25, 0.3) is 0 Å². The Labute approximate surface area is 426 Å². The first kappa shape index (κ1) is 56.6. The second-order valence-electron chi connectivity index (χ2n) is 22.1. The standard InChI is InChI=1S/C47H79I2O21/c1-21(16-50)30(53)34(57)36(59)40(62)69-42-48-45(6)10-7-9-44(5)28-8-13-49(22(2)14-43(28,4)11-12-47(44,45)70-42)65-20-27-38(68-41-37(60)32(55)25(52)18-63-41)24-15-46(39(24)61,29(17-51)67-27)64-19-26-33(56)35(58)31(54)23(3)66-26/h21,23-42,50-62H,2,7-20H2,1,3-6H3/q-1/t21-,23?,24?,25-,26+,27+,28-,29?,30-,31-,32?,33?,34?,35?,36?,37?,38?,39+,40+,41+,42?,43-,44+,45-,46?,47?/m1/s1. The van der Waals surface area contributed by atoms with Crippen molar-refractivity contribution in [3.63, 3.8) is 0 Å². The predicted molar refractivity (Wildman–Crippen MR) is 247 cm³/mol. The van der Waals surface area contributed by atoms with Crippen LogP contribution in [0.4, 0.5) is 0 Å². The Balaban J connectivity index is 0.989. The number of allylic oxidation sites excluding steroid dienone is 1. The molecule has 0 amide bonds. The van der Waals surface area contributed by atoms with Gasteiger partial charge in [-0.3, -0.25) is 0 Å². The van der Waals surface area contributed by atoms with Crippen LogP contribution in [0.1, 0.15) is 86.0 Å². The maximum atomic E-state index is 12.0. The van der Waals surface area contributed by atoms with Crippen molar-refractivity contribution in [2.75, 3.05) is 37.5 Å². The molecule has 9 rings (SSSR count). The van der Waals surface area contributed by atoms with Crippen molar-refractivity contribution < 1.29 is 124 Å². The van der Waals surface area contributed by atoms with Crippen molar-refractivity contribution in [3.05, 3.63) is 10.2 Å². The molecule has 2 bridgehead atoms. The number of alkyl halides is 3. The monoisotopic (exact) mass is 1230 g/mol. The van der Waals surface area contributed by atoms with E-state index in [1.807, 2.05) is 0 Å². The zero-order valence-electron chi connectivity index (χ0n) is 40.6. The van der Waals surface area contributed by atoms with Gasteiger partial charge in [-0.05, 0) is 0 Å². The quantitative estimate of drug-likeness (QED) is 0.0391. The fraction of sp³-hybridized carbons (Fsp3) is 0.957. The summed E-state index contributed by atoms with van der Waals surface area (Å²) in [6.07, 6.45) is -17.8. The summed E-state index contributed by atoms with van der Waals surface area (Å²) in [5.74, 6) is -1.31. The van der Waals surface area contributed by atoms with E-state index in [-0.39, 0.29) is 46.4 Å². The number of ether oxygens (including phenoxy) is 7. The molecule has 6 heterocycles. The molecule has 3 aliphatic carbocycles. The molecule has 13 N–H and O–H groups in total. The van der Waals surface area contributed by atoms with Gasteiger partial charge in [-0.15, -0.1) is 0 Å². The Hall–Kier alpha value is 0.360. The van der Waals surface area contributed by atoms with Crippen molar-refractivity contribution in [3.8, 4) is 0 Å². The van der Waals surface area contributed by atoms with Crippen LogP contribution in [0.3, 0.4) is 0 Å². The van der Waals surface area contributed by atoms with Gasteiger partial charge >= 0.3 is 424 Å². The molecule has 0 aromatic heterocycles. The molecule has 70 heavy (non-hydrogen) atoms. The molecular formula is C47H79I2O21-. The zero-order valence-corrected chi connectivity index (χ0v) is 44.9. The van der Waals surface area contributed by atoms with Crippen LogP contribution in [0.25, 0.3) is 0 Å². The third-order valence-electron chi connectivity index (χ3n) is 17.8. The predicted octanol–water partition coefficient (Wildman–Crippen LogP) is -5.13. The Kier molecular flexibility index (Phi) is 17.5. The van der Waals surface area contributed by atoms with Crippen molar-refractivity contribution >= 4 is 20.2 Å². The van der Waals surface area contributed by atoms with Gasteiger partial charge in [0.1, 0.15) is 0 Å². The summed E-state index contributed by atoms with van der Waals surface area (Å²) in [7, 11) is 0. The van der Waals surface area contributed by atoms with Crippen molar-refractivity contribution in [2.24, 2.45) is 28.6 Å². The number of halogens is 2. The molecule has 26 atom stereocenters. The Morgan fingerprint density at radius 1 is 0.843 bits per heavy atom. The fourth-order valence-corrected chi connectivity index (χ4v) is 22.6. The first-order valence-electron chi connectivity index (χ1n) is 24.8. The van der Waals surface area contributed by atoms with Crippen LogP contribution in [0, 0.1) is 28.6 Å². The van der Waals surface area contributed by atoms with E-state index in [9.17, 15) is 66.4 Å². The molecule has 6 aliphatic heterocycles. The van der Waals surface area contributed by atoms with E-state index in [1.165, 1.54) is 6.92 Å². The third kappa shape index (κ3) is 9.75. The van der Waals surface area contributed by atoms with Gasteiger partial charge in [-0.25, -0.2) is 0 Å². The van der Waals surface area contributed by atoms with E-state index in [2.05, 4.69) is 27.4 Å². The topological polar surface area (TPSA) is 337 Å². The molecule has 21 nitrogen and oxygen atoms in total. The van der Waals surface area contributed by atoms with E-state index in [4.69, 9.17) is 36.2 Å². The Morgan fingerprint density at radius 2 is 1.57 bits per heavy atom. The van der Waals surface area contributed by atoms with E-state index >= 15 is 0 Å². The van der Waals surface area contributed by atoms with Crippen molar-refractivity contribution in [1.82, 2.24) is 0 Å². The van der Waals surface area contributed by atoms with Crippen LogP contribution in [0.2, 0.25) is 0 Å². The maximum absolute atomic E-state index is 12.0. The third-order valence-corrected chi connectivity index (χ3v) is 26.5. The second-order valence-corrected chi connectivity index (χ2v) is 31.1. The van der Waals surface area contributed by atoms with Gasteiger partial charge in [0, 0.05) is 0 Å². The number of hydrogen-bond acceptors (Lipinski definition) is 21. The summed E-state index contributed by atoms with van der Waals surface area (Å²) in [6, 6.07) is 0. The second kappa shape index (κ2) is 21.6. The molecule has 0 radical (unpaired) electrons. The summed E-state index contributed by atoms with van der Waals surface area (Å²) in [5.41, 5.74) is -2.64. The van der Waals surface area contributed by atoms with Crippen LogP contribution in [0.5, 0.6) is 0 Å². The van der Waals surface area contributed by atoms with Crippen LogP contribution in [-0.4, -0.2) is 227 Å². The van der Waals surface area contributed by atoms with Gasteiger partial charge in [0.15, 0.2) is 0 Å². The Morgan fingerprint density at radius 3 is 2.26 bits per heavy atom. The minimum atomic E-state index is -2.55. The minimum absolute atomic E-state index is 0.0591. The normalized spacial score (nSPS) is 51.2. The van der Waals surface area contributed by atoms with Crippen LogP contribution < -0.4 is 21.2 Å². The number of fused-ring (bicyclic) bond motifs is 5. The summed E-state index contributed by atoms with van der Waals surface area (Å²) in [6.45, 7) is 12.9. The Bertz CT molecular complexity index is 1810. The van der Waals surface area contributed by atoms with E-state index in [0.717, 1.165) is 46.5 Å². The van der Waals surface area contributed by atoms with E-state index in [1.54, 1.807) is 6.92 Å². The number of aliphatic hydroxyl groups excluding tert-OH is 13. The van der Waals surface area contributed by atoms with E-state index in [0.29, 0.717) is 6.42 Å². The summed E-state index contributed by atoms with van der Waals surface area (Å²) in [4.78, 5) is 0. The van der Waals surface area contributed by atoms with E-state index < -0.39 is 186 Å².